The van der Waals surface area contributed by atoms with Crippen LogP contribution in [0.15, 0.2) is 18.2 Å². The van der Waals surface area contributed by atoms with Crippen molar-refractivity contribution < 1.29 is 14.3 Å². The van der Waals surface area contributed by atoms with Gasteiger partial charge in [0, 0.05) is 43.7 Å². The summed E-state index contributed by atoms with van der Waals surface area (Å²) in [4.78, 5) is 18.4. The number of nitrogens with one attached hydrogen (secondary N) is 2. The fraction of sp³-hybridized carbons (Fsp3) is 0.621. The lowest BCUT2D eigenvalue weighted by molar-refractivity contribution is -0.109. The fourth-order valence-corrected chi connectivity index (χ4v) is 4.20. The molecule has 3 aromatic rings. The van der Waals surface area contributed by atoms with Crippen LogP contribution in [0.25, 0.3) is 21.9 Å². The Morgan fingerprint density at radius 1 is 1.12 bits per heavy atom. The lowest BCUT2D eigenvalue weighted by Crippen LogP contribution is -2.37. The summed E-state index contributed by atoms with van der Waals surface area (Å²) >= 11 is 1.67. The second-order valence-corrected chi connectivity index (χ2v) is 10.8. The molecule has 11 heteroatoms. The number of ether oxygens (including phenoxy) is 2. The summed E-state index contributed by atoms with van der Waals surface area (Å²) in [5.41, 5.74) is 14.7. The van der Waals surface area contributed by atoms with Crippen LogP contribution in [0.1, 0.15) is 72.5 Å². The van der Waals surface area contributed by atoms with Gasteiger partial charge in [-0.3, -0.25) is 9.52 Å². The van der Waals surface area contributed by atoms with Gasteiger partial charge in [0.15, 0.2) is 5.82 Å². The van der Waals surface area contributed by atoms with Gasteiger partial charge in [0.05, 0.1) is 17.6 Å². The van der Waals surface area contributed by atoms with Crippen molar-refractivity contribution in [2.75, 3.05) is 38.8 Å². The number of nitrogens with zero attached hydrogens (tertiary/aromatic N) is 3. The van der Waals surface area contributed by atoms with E-state index in [4.69, 9.17) is 30.7 Å². The number of anilines is 1. The zero-order valence-corrected chi connectivity index (χ0v) is 26.3. The number of unbranched alkanes of at least 4 members (excludes halogenated alkanes) is 3. The minimum atomic E-state index is -0.423. The number of rotatable bonds is 15. The molecule has 1 aromatic carbocycles. The molecule has 0 fully saturated rings. The number of imidazole rings is 1. The summed E-state index contributed by atoms with van der Waals surface area (Å²) in [7, 11) is 1.56. The number of benzene rings is 1. The zero-order chi connectivity index (χ0) is 30.0. The van der Waals surface area contributed by atoms with E-state index in [0.717, 1.165) is 47.4 Å². The van der Waals surface area contributed by atoms with Crippen molar-refractivity contribution in [1.29, 1.82) is 0 Å². The molecule has 2 heterocycles. The molecule has 6 N–H and O–H groups in total. The summed E-state index contributed by atoms with van der Waals surface area (Å²) in [6.45, 7) is 13.6. The maximum Gasteiger partial charge on any atom is 0.206 e. The summed E-state index contributed by atoms with van der Waals surface area (Å²) in [6, 6.07) is 6.00. The first-order valence-corrected chi connectivity index (χ1v) is 15.3. The third-order valence-corrected chi connectivity index (χ3v) is 5.95. The Morgan fingerprint density at radius 2 is 1.80 bits per heavy atom. The van der Waals surface area contributed by atoms with Gasteiger partial charge in [-0.1, -0.05) is 45.1 Å². The van der Waals surface area contributed by atoms with E-state index in [2.05, 4.69) is 39.7 Å². The van der Waals surface area contributed by atoms with Crippen LogP contribution in [0.4, 0.5) is 5.82 Å². The molecule has 0 aliphatic carbocycles. The van der Waals surface area contributed by atoms with Crippen LogP contribution in [-0.4, -0.2) is 59.5 Å². The number of carbonyl (C=O) groups is 1. The Balaban J connectivity index is 0.00000103. The molecular formula is C29H51N7O3S. The monoisotopic (exact) mass is 577 g/mol. The second kappa shape index (κ2) is 19.5. The van der Waals surface area contributed by atoms with E-state index in [1.165, 1.54) is 19.3 Å². The van der Waals surface area contributed by atoms with Gasteiger partial charge in [-0.15, -0.1) is 0 Å². The van der Waals surface area contributed by atoms with Gasteiger partial charge in [0.25, 0.3) is 0 Å². The van der Waals surface area contributed by atoms with Gasteiger partial charge < -0.3 is 30.8 Å². The highest BCUT2D eigenvalue weighted by Gasteiger charge is 2.22. The Morgan fingerprint density at radius 3 is 2.40 bits per heavy atom. The van der Waals surface area contributed by atoms with E-state index in [1.807, 2.05) is 39.0 Å². The SMILES string of the molecule is CCC.CCOCc1nc2c(N)nc3cc(OCCCCCCNSC)ccc3c2n1CC(C)(C)N.CNC=O. The molecule has 0 unspecified atom stereocenters. The van der Waals surface area contributed by atoms with Crippen LogP contribution in [-0.2, 0) is 22.7 Å². The molecule has 2 aromatic heterocycles. The second-order valence-electron chi connectivity index (χ2n) is 10.1. The highest BCUT2D eigenvalue weighted by molar-refractivity contribution is 7.96. The van der Waals surface area contributed by atoms with E-state index in [9.17, 15) is 0 Å². The molecular weight excluding hydrogens is 526 g/mol. The van der Waals surface area contributed by atoms with Crippen LogP contribution in [0.5, 0.6) is 5.75 Å². The quantitative estimate of drug-likeness (QED) is 0.111. The van der Waals surface area contributed by atoms with Crippen molar-refractivity contribution in [3.05, 3.63) is 24.0 Å². The van der Waals surface area contributed by atoms with Crippen molar-refractivity contribution in [3.8, 4) is 5.75 Å². The summed E-state index contributed by atoms with van der Waals surface area (Å²) < 4.78 is 17.1. The minimum absolute atomic E-state index is 0.400. The Kier molecular flexibility index (Phi) is 17.2. The van der Waals surface area contributed by atoms with E-state index in [1.54, 1.807) is 19.0 Å². The molecule has 0 bridgehead atoms. The highest BCUT2D eigenvalue weighted by atomic mass is 32.2. The molecule has 0 spiro atoms. The van der Waals surface area contributed by atoms with E-state index in [-0.39, 0.29) is 0 Å². The average molecular weight is 578 g/mol. The Hall–Kier alpha value is -2.60. The number of aromatic nitrogens is 3. The predicted octanol–water partition coefficient (Wildman–Crippen LogP) is 5.03. The number of nitrogen functional groups attached to an aromatic ring is 1. The fourth-order valence-electron chi connectivity index (χ4n) is 3.85. The predicted molar refractivity (Wildman–Crippen MR) is 170 cm³/mol. The number of nitrogens with two attached hydrogens (primary N) is 2. The third-order valence-electron chi connectivity index (χ3n) is 5.46. The van der Waals surface area contributed by atoms with Gasteiger partial charge in [-0.25, -0.2) is 9.97 Å². The lowest BCUT2D eigenvalue weighted by Gasteiger charge is -2.22. The standard InChI is InChI=1S/C24H38N6O2S.C3H8.C2H5NO/c1-5-31-15-20-29-21-22(30(20)16-24(2,3)26)18-11-10-17(14-19(18)28-23(21)25)32-13-9-7-6-8-12-27-33-4;1-3-2;1-3-2-4/h10-11,14,27H,5-9,12-13,15-16,26H2,1-4H3,(H2,25,28);3H2,1-2H3;2H,1H3,(H,3,4). The molecule has 10 nitrogen and oxygen atoms in total. The summed E-state index contributed by atoms with van der Waals surface area (Å²) in [6.07, 6.45) is 8.51. The summed E-state index contributed by atoms with van der Waals surface area (Å²) in [5, 5.41) is 3.23. The number of amides is 1. The van der Waals surface area contributed by atoms with Gasteiger partial charge in [0.1, 0.15) is 23.7 Å². The van der Waals surface area contributed by atoms with Crippen molar-refractivity contribution in [2.24, 2.45) is 5.73 Å². The number of pyridine rings is 1. The number of hydrogen-bond acceptors (Lipinski definition) is 9. The average Bonchev–Trinajstić information content (AvgIpc) is 3.26. The lowest BCUT2D eigenvalue weighted by atomic mass is 10.1. The molecule has 0 saturated carbocycles. The van der Waals surface area contributed by atoms with Crippen LogP contribution >= 0.6 is 11.9 Å². The Bertz CT molecular complexity index is 1130. The molecule has 0 saturated heterocycles. The molecule has 0 aliphatic rings. The molecule has 1 amide bonds. The Labute approximate surface area is 244 Å². The van der Waals surface area contributed by atoms with Crippen LogP contribution in [0, 0.1) is 0 Å². The van der Waals surface area contributed by atoms with E-state index in [0.29, 0.717) is 44.1 Å². The first kappa shape index (κ1) is 35.4. The van der Waals surface area contributed by atoms with Crippen LogP contribution in [0.3, 0.4) is 0 Å². The molecule has 0 radical (unpaired) electrons. The topological polar surface area (TPSA) is 142 Å². The molecule has 3 rings (SSSR count). The van der Waals surface area contributed by atoms with Crippen molar-refractivity contribution in [1.82, 2.24) is 24.6 Å². The van der Waals surface area contributed by atoms with Crippen LogP contribution in [0.2, 0.25) is 0 Å². The maximum atomic E-state index is 9.06. The largest absolute Gasteiger partial charge is 0.494 e. The van der Waals surface area contributed by atoms with Crippen molar-refractivity contribution >= 4 is 46.1 Å². The molecule has 0 atom stereocenters. The highest BCUT2D eigenvalue weighted by Crippen LogP contribution is 2.32. The van der Waals surface area contributed by atoms with Crippen molar-refractivity contribution in [2.45, 2.75) is 85.4 Å². The number of fused-ring (bicyclic) bond motifs is 3. The van der Waals surface area contributed by atoms with Gasteiger partial charge in [-0.05, 0) is 52.0 Å². The van der Waals surface area contributed by atoms with Gasteiger partial charge in [-0.2, -0.15) is 0 Å². The normalized spacial score (nSPS) is 11.0. The first-order chi connectivity index (χ1) is 19.2. The van der Waals surface area contributed by atoms with Crippen molar-refractivity contribution in [3.63, 3.8) is 0 Å². The zero-order valence-electron chi connectivity index (χ0n) is 25.5. The first-order valence-electron chi connectivity index (χ1n) is 14.1. The smallest absolute Gasteiger partial charge is 0.206 e. The minimum Gasteiger partial charge on any atom is -0.494 e. The third kappa shape index (κ3) is 12.3. The molecule has 226 valence electrons. The number of hydrogen-bond donors (Lipinski definition) is 4. The van der Waals surface area contributed by atoms with E-state index >= 15 is 0 Å². The molecule has 0 aliphatic heterocycles. The molecule has 40 heavy (non-hydrogen) atoms. The van der Waals surface area contributed by atoms with Gasteiger partial charge >= 0.3 is 0 Å². The summed E-state index contributed by atoms with van der Waals surface area (Å²) in [5.74, 6) is 2.01. The van der Waals surface area contributed by atoms with Crippen LogP contribution < -0.4 is 26.2 Å². The maximum absolute atomic E-state index is 9.06. The van der Waals surface area contributed by atoms with Gasteiger partial charge in [0.2, 0.25) is 6.41 Å². The van der Waals surface area contributed by atoms with E-state index < -0.39 is 5.54 Å². The number of carbonyl (C=O) groups excluding carboxylic acids is 1.